The van der Waals surface area contributed by atoms with E-state index in [2.05, 4.69) is 36.1 Å². The number of amides is 1. The van der Waals surface area contributed by atoms with E-state index in [1.54, 1.807) is 0 Å². The minimum absolute atomic E-state index is 0.0228. The van der Waals surface area contributed by atoms with Gasteiger partial charge in [0.25, 0.3) is 5.91 Å². The summed E-state index contributed by atoms with van der Waals surface area (Å²) in [5, 5.41) is 7.51. The zero-order valence-corrected chi connectivity index (χ0v) is 11.1. The number of carbonyl (C=O) groups excluding carboxylic acids is 1. The minimum atomic E-state index is 0.0228. The van der Waals surface area contributed by atoms with Crippen molar-refractivity contribution in [1.82, 2.24) is 20.2 Å². The van der Waals surface area contributed by atoms with Crippen molar-refractivity contribution in [3.63, 3.8) is 0 Å². The van der Waals surface area contributed by atoms with Crippen molar-refractivity contribution in [3.05, 3.63) is 0 Å². The van der Waals surface area contributed by atoms with Crippen LogP contribution in [0.5, 0.6) is 0 Å². The van der Waals surface area contributed by atoms with E-state index in [0.29, 0.717) is 6.04 Å². The molecule has 0 aliphatic carbocycles. The maximum absolute atomic E-state index is 12.2. The minimum Gasteiger partial charge on any atom is -0.304 e. The molecule has 0 aromatic heterocycles. The van der Waals surface area contributed by atoms with Crippen LogP contribution in [-0.4, -0.2) is 72.7 Å². The summed E-state index contributed by atoms with van der Waals surface area (Å²) in [5.74, 6) is 0.253. The lowest BCUT2D eigenvalue weighted by atomic mass is 10.2. The molecule has 0 bridgehead atoms. The average molecular weight is 240 g/mol. The smallest absolute Gasteiger partial charge is 0.254 e. The number of rotatable bonds is 3. The van der Waals surface area contributed by atoms with Crippen molar-refractivity contribution in [2.45, 2.75) is 32.4 Å². The third kappa shape index (κ3) is 2.97. The second-order valence-electron chi connectivity index (χ2n) is 5.38. The number of likely N-dealkylation sites (N-methyl/N-ethyl adjacent to an activating group) is 1. The molecule has 1 unspecified atom stereocenters. The van der Waals surface area contributed by atoms with Gasteiger partial charge in [0.2, 0.25) is 0 Å². The van der Waals surface area contributed by atoms with Crippen LogP contribution in [0, 0.1) is 0 Å². The van der Waals surface area contributed by atoms with Gasteiger partial charge in [-0.3, -0.25) is 9.80 Å². The van der Waals surface area contributed by atoms with Crippen molar-refractivity contribution in [2.75, 3.05) is 39.8 Å². The van der Waals surface area contributed by atoms with Gasteiger partial charge in [-0.25, -0.2) is 5.01 Å². The van der Waals surface area contributed by atoms with Gasteiger partial charge in [-0.2, -0.15) is 0 Å². The predicted molar refractivity (Wildman–Crippen MR) is 67.5 cm³/mol. The summed E-state index contributed by atoms with van der Waals surface area (Å²) in [6, 6.07) is 0.394. The summed E-state index contributed by atoms with van der Waals surface area (Å²) in [4.78, 5) is 14.5. The first-order valence-electron chi connectivity index (χ1n) is 6.59. The van der Waals surface area contributed by atoms with Crippen LogP contribution in [0.4, 0.5) is 0 Å². The van der Waals surface area contributed by atoms with Crippen LogP contribution in [0.3, 0.4) is 0 Å². The highest BCUT2D eigenvalue weighted by atomic mass is 16.2. The fourth-order valence-electron chi connectivity index (χ4n) is 2.54. The van der Waals surface area contributed by atoms with E-state index < -0.39 is 0 Å². The Morgan fingerprint density at radius 1 is 1.18 bits per heavy atom. The van der Waals surface area contributed by atoms with E-state index in [1.165, 1.54) is 0 Å². The second-order valence-corrected chi connectivity index (χ2v) is 5.38. The van der Waals surface area contributed by atoms with Crippen LogP contribution in [0.2, 0.25) is 0 Å². The maximum atomic E-state index is 12.2. The SMILES string of the molecule is CC(C)NC1CCN(N2CCN(C)CC2)C1=O. The van der Waals surface area contributed by atoms with Crippen molar-refractivity contribution in [2.24, 2.45) is 0 Å². The molecule has 2 fully saturated rings. The van der Waals surface area contributed by atoms with Gasteiger partial charge in [0.05, 0.1) is 6.04 Å². The Morgan fingerprint density at radius 3 is 2.41 bits per heavy atom. The van der Waals surface area contributed by atoms with Crippen LogP contribution in [0.15, 0.2) is 0 Å². The number of hydrazine groups is 1. The van der Waals surface area contributed by atoms with E-state index in [1.807, 2.05) is 5.01 Å². The number of nitrogens with one attached hydrogen (secondary N) is 1. The molecule has 2 aliphatic rings. The monoisotopic (exact) mass is 240 g/mol. The van der Waals surface area contributed by atoms with Gasteiger partial charge >= 0.3 is 0 Å². The number of carbonyl (C=O) groups is 1. The van der Waals surface area contributed by atoms with Crippen LogP contribution >= 0.6 is 0 Å². The van der Waals surface area contributed by atoms with Gasteiger partial charge in [0.15, 0.2) is 0 Å². The van der Waals surface area contributed by atoms with Crippen LogP contribution in [0.25, 0.3) is 0 Å². The van der Waals surface area contributed by atoms with Gasteiger partial charge in [0.1, 0.15) is 0 Å². The molecule has 0 aromatic rings. The Labute approximate surface area is 104 Å². The highest BCUT2D eigenvalue weighted by molar-refractivity contribution is 5.83. The zero-order valence-electron chi connectivity index (χ0n) is 11.1. The lowest BCUT2D eigenvalue weighted by molar-refractivity contribution is -0.147. The molecular formula is C12H24N4O. The molecule has 0 saturated carbocycles. The second kappa shape index (κ2) is 5.33. The molecule has 1 N–H and O–H groups in total. The lowest BCUT2D eigenvalue weighted by Crippen LogP contribution is -2.55. The molecule has 0 aromatic carbocycles. The largest absolute Gasteiger partial charge is 0.304 e. The van der Waals surface area contributed by atoms with Gasteiger partial charge in [-0.15, -0.1) is 0 Å². The molecule has 2 rings (SSSR count). The Hall–Kier alpha value is -0.650. The summed E-state index contributed by atoms with van der Waals surface area (Å²) in [7, 11) is 2.13. The summed E-state index contributed by atoms with van der Waals surface area (Å²) >= 11 is 0. The van der Waals surface area contributed by atoms with Crippen molar-refractivity contribution >= 4 is 5.91 Å². The molecule has 5 nitrogen and oxygen atoms in total. The number of nitrogens with zero attached hydrogens (tertiary/aromatic N) is 3. The summed E-state index contributed by atoms with van der Waals surface area (Å²) in [5.41, 5.74) is 0. The number of hydrogen-bond acceptors (Lipinski definition) is 4. The normalized spacial score (nSPS) is 28.4. The third-order valence-electron chi connectivity index (χ3n) is 3.54. The molecule has 2 heterocycles. The Kier molecular flexibility index (Phi) is 4.01. The Bertz CT molecular complexity index is 274. The first-order chi connectivity index (χ1) is 8.08. The summed E-state index contributed by atoms with van der Waals surface area (Å²) in [6.45, 7) is 9.08. The molecule has 0 spiro atoms. The average Bonchev–Trinajstić information content (AvgIpc) is 2.61. The fourth-order valence-corrected chi connectivity index (χ4v) is 2.54. The quantitative estimate of drug-likeness (QED) is 0.738. The van der Waals surface area contributed by atoms with E-state index >= 15 is 0 Å². The Morgan fingerprint density at radius 2 is 1.82 bits per heavy atom. The van der Waals surface area contributed by atoms with Gasteiger partial charge in [-0.05, 0) is 13.5 Å². The maximum Gasteiger partial charge on any atom is 0.254 e. The van der Waals surface area contributed by atoms with Crippen molar-refractivity contribution in [3.8, 4) is 0 Å². The van der Waals surface area contributed by atoms with E-state index in [-0.39, 0.29) is 11.9 Å². The number of piperazine rings is 1. The standard InChI is InChI=1S/C12H24N4O/c1-10(2)13-11-4-5-16(12(11)17)15-8-6-14(3)7-9-15/h10-11,13H,4-9H2,1-3H3. The Balaban J connectivity index is 1.89. The molecule has 5 heteroatoms. The van der Waals surface area contributed by atoms with Crippen molar-refractivity contribution in [1.29, 1.82) is 0 Å². The lowest BCUT2D eigenvalue weighted by Gasteiger charge is -2.38. The van der Waals surface area contributed by atoms with E-state index in [0.717, 1.165) is 39.1 Å². The van der Waals surface area contributed by atoms with Gasteiger partial charge in [-0.1, -0.05) is 13.8 Å². The third-order valence-corrected chi connectivity index (χ3v) is 3.54. The fraction of sp³-hybridized carbons (Fsp3) is 0.917. The van der Waals surface area contributed by atoms with Crippen LogP contribution in [-0.2, 0) is 4.79 Å². The highest BCUT2D eigenvalue weighted by Gasteiger charge is 2.35. The predicted octanol–water partition coefficient (Wildman–Crippen LogP) is -0.252. The first-order valence-corrected chi connectivity index (χ1v) is 6.59. The highest BCUT2D eigenvalue weighted by Crippen LogP contribution is 2.16. The summed E-state index contributed by atoms with van der Waals surface area (Å²) in [6.07, 6.45) is 0.934. The van der Waals surface area contributed by atoms with Crippen LogP contribution in [0.1, 0.15) is 20.3 Å². The van der Waals surface area contributed by atoms with E-state index in [4.69, 9.17) is 0 Å². The topological polar surface area (TPSA) is 38.8 Å². The van der Waals surface area contributed by atoms with Gasteiger partial charge < -0.3 is 10.2 Å². The molecule has 1 amide bonds. The first kappa shape index (κ1) is 12.8. The zero-order chi connectivity index (χ0) is 12.4. The molecule has 17 heavy (non-hydrogen) atoms. The molecular weight excluding hydrogens is 216 g/mol. The van der Waals surface area contributed by atoms with Gasteiger partial charge in [0, 0.05) is 38.8 Å². The molecule has 98 valence electrons. The molecule has 2 saturated heterocycles. The van der Waals surface area contributed by atoms with E-state index in [9.17, 15) is 4.79 Å². The van der Waals surface area contributed by atoms with Crippen LogP contribution < -0.4 is 5.32 Å². The number of hydrogen-bond donors (Lipinski definition) is 1. The summed E-state index contributed by atoms with van der Waals surface area (Å²) < 4.78 is 0. The molecule has 0 radical (unpaired) electrons. The molecule has 2 aliphatic heterocycles. The van der Waals surface area contributed by atoms with Crippen molar-refractivity contribution < 1.29 is 4.79 Å². The molecule has 1 atom stereocenters.